The molecule has 1 unspecified atom stereocenters. The lowest BCUT2D eigenvalue weighted by atomic mass is 9.78. The number of carbonyl (C=O) groups excluding carboxylic acids is 3. The number of hydrogen-bond donors (Lipinski definition) is 1. The molecule has 2 aliphatic rings. The van der Waals surface area contributed by atoms with Crippen molar-refractivity contribution in [3.63, 3.8) is 0 Å². The molecule has 0 spiro atoms. The average molecular weight is 781 g/mol. The molecule has 13 heteroatoms. The zero-order valence-corrected chi connectivity index (χ0v) is 33.2. The lowest BCUT2D eigenvalue weighted by Gasteiger charge is -2.48. The van der Waals surface area contributed by atoms with Crippen LogP contribution < -0.4 is 9.62 Å². The second kappa shape index (κ2) is 18.2. The van der Waals surface area contributed by atoms with E-state index in [9.17, 15) is 27.2 Å². The number of aryl methyl sites for hydroxylation is 2. The Labute approximate surface area is 323 Å². The number of sulfonamides is 1. The summed E-state index contributed by atoms with van der Waals surface area (Å²) in [5.74, 6) is -2.35. The highest BCUT2D eigenvalue weighted by molar-refractivity contribution is 7.88. The Balaban J connectivity index is 1.28. The molecular formula is C42H53FN2O9S. The number of carbonyl (C=O) groups is 3. The molecule has 3 atom stereocenters. The van der Waals surface area contributed by atoms with Gasteiger partial charge in [-0.05, 0) is 112 Å². The smallest absolute Gasteiger partial charge is 0.303 e. The van der Waals surface area contributed by atoms with Crippen LogP contribution in [0.1, 0.15) is 101 Å². The minimum absolute atomic E-state index is 0.0411. The third-order valence-corrected chi connectivity index (χ3v) is 10.8. The van der Waals surface area contributed by atoms with Crippen LogP contribution >= 0.6 is 0 Å². The molecule has 11 nitrogen and oxygen atoms in total. The summed E-state index contributed by atoms with van der Waals surface area (Å²) in [6.45, 7) is 7.31. The van der Waals surface area contributed by atoms with Gasteiger partial charge in [-0.1, -0.05) is 48.5 Å². The molecule has 0 saturated carbocycles. The highest BCUT2D eigenvalue weighted by Gasteiger charge is 2.48. The zero-order chi connectivity index (χ0) is 39.8. The molecule has 3 aromatic carbocycles. The van der Waals surface area contributed by atoms with Gasteiger partial charge < -0.3 is 23.8 Å². The number of nitrogens with zero attached hydrogens (tertiary/aromatic N) is 1. The summed E-state index contributed by atoms with van der Waals surface area (Å²) in [5.41, 5.74) is 3.75. The van der Waals surface area contributed by atoms with Gasteiger partial charge >= 0.3 is 11.9 Å². The number of amides is 1. The Hall–Kier alpha value is -4.17. The maximum absolute atomic E-state index is 13.9. The summed E-state index contributed by atoms with van der Waals surface area (Å²) < 4.78 is 62.0. The van der Waals surface area contributed by atoms with Gasteiger partial charge in [-0.15, -0.1) is 0 Å². The van der Waals surface area contributed by atoms with Crippen molar-refractivity contribution in [1.82, 2.24) is 4.72 Å². The minimum atomic E-state index is -3.25. The van der Waals surface area contributed by atoms with E-state index >= 15 is 0 Å². The van der Waals surface area contributed by atoms with E-state index < -0.39 is 39.3 Å². The summed E-state index contributed by atoms with van der Waals surface area (Å²) >= 11 is 0. The lowest BCUT2D eigenvalue weighted by Crippen LogP contribution is -2.55. The van der Waals surface area contributed by atoms with Gasteiger partial charge in [0, 0.05) is 26.1 Å². The number of ether oxygens (including phenoxy) is 4. The van der Waals surface area contributed by atoms with Crippen LogP contribution in [0.25, 0.3) is 0 Å². The number of anilines is 1. The highest BCUT2D eigenvalue weighted by Crippen LogP contribution is 2.47. The molecule has 0 aliphatic carbocycles. The molecule has 5 rings (SSSR count). The van der Waals surface area contributed by atoms with Gasteiger partial charge in [-0.3, -0.25) is 14.4 Å². The number of rotatable bonds is 18. The average Bonchev–Trinajstić information content (AvgIpc) is 3.12. The molecular weight excluding hydrogens is 728 g/mol. The van der Waals surface area contributed by atoms with E-state index in [1.54, 1.807) is 17.0 Å². The molecule has 0 radical (unpaired) electrons. The molecule has 2 saturated heterocycles. The fourth-order valence-electron chi connectivity index (χ4n) is 7.29. The van der Waals surface area contributed by atoms with Gasteiger partial charge in [0.25, 0.3) is 0 Å². The molecule has 1 amide bonds. The topological polar surface area (TPSA) is 138 Å². The molecule has 2 aliphatic heterocycles. The second-order valence-electron chi connectivity index (χ2n) is 15.1. The van der Waals surface area contributed by atoms with E-state index in [2.05, 4.69) is 29.0 Å². The predicted molar refractivity (Wildman–Crippen MR) is 206 cm³/mol. The van der Waals surface area contributed by atoms with Crippen molar-refractivity contribution in [1.29, 1.82) is 0 Å². The molecule has 55 heavy (non-hydrogen) atoms. The largest absolute Gasteiger partial charge is 0.458 e. The number of β-lactam (4-membered cyclic amide) rings is 1. The maximum atomic E-state index is 13.9. The summed E-state index contributed by atoms with van der Waals surface area (Å²) in [4.78, 5) is 39.6. The Kier molecular flexibility index (Phi) is 13.9. The molecule has 0 bridgehead atoms. The normalized spacial score (nSPS) is 19.7. The van der Waals surface area contributed by atoms with Crippen LogP contribution in [-0.4, -0.2) is 63.7 Å². The first-order chi connectivity index (χ1) is 26.0. The third kappa shape index (κ3) is 11.9. The molecule has 2 heterocycles. The SMILES string of the molecule is CC(=O)OC(CC[C@H]1C(=O)N(c2ccc(CCCNS(C)(=O)=O)cc2)[C@@H]1c1ccc(CCCCC2(OC(C)=O)COC(C)(C)OC2)cc1)c1ccc(F)cc1. The van der Waals surface area contributed by atoms with Gasteiger partial charge in [0.1, 0.15) is 11.9 Å². The summed E-state index contributed by atoms with van der Waals surface area (Å²) in [6.07, 6.45) is 5.73. The Morgan fingerprint density at radius 2 is 1.49 bits per heavy atom. The number of halogens is 1. The van der Waals surface area contributed by atoms with Gasteiger partial charge in [0.15, 0.2) is 11.4 Å². The van der Waals surface area contributed by atoms with Crippen molar-refractivity contribution in [3.8, 4) is 0 Å². The van der Waals surface area contributed by atoms with Crippen molar-refractivity contribution in [2.24, 2.45) is 5.92 Å². The number of nitrogens with one attached hydrogen (secondary N) is 1. The lowest BCUT2D eigenvalue weighted by molar-refractivity contribution is -0.305. The molecule has 3 aromatic rings. The Morgan fingerprint density at radius 1 is 0.891 bits per heavy atom. The van der Waals surface area contributed by atoms with Crippen LogP contribution in [0.15, 0.2) is 72.8 Å². The van der Waals surface area contributed by atoms with Gasteiger partial charge in [0.2, 0.25) is 15.9 Å². The van der Waals surface area contributed by atoms with Crippen LogP contribution in [0, 0.1) is 11.7 Å². The standard InChI is InChI=1S/C42H53FN2O9S/c1-29(46)53-38(33-17-19-35(43)20-18-33)24-23-37-39(45(40(37)48)36-21-13-32(14-22-36)10-8-26-44-55(5,49)50)34-15-11-31(12-16-34)9-6-7-25-42(54-30(2)47)27-51-41(3,4)52-28-42/h11-22,37-39,44H,6-10,23-28H2,1-5H3/t37-,38?,39-/m1/s1. The van der Waals surface area contributed by atoms with Crippen LogP contribution in [0.4, 0.5) is 10.1 Å². The van der Waals surface area contributed by atoms with E-state index in [4.69, 9.17) is 18.9 Å². The summed E-state index contributed by atoms with van der Waals surface area (Å²) in [6, 6.07) is 21.6. The number of unbranched alkanes of at least 4 members (excludes halogenated alkanes) is 1. The number of benzene rings is 3. The first-order valence-corrected chi connectivity index (χ1v) is 20.8. The summed E-state index contributed by atoms with van der Waals surface area (Å²) in [7, 11) is -3.25. The Bertz CT molecular complexity index is 1870. The fourth-order valence-corrected chi connectivity index (χ4v) is 7.80. The van der Waals surface area contributed by atoms with E-state index in [-0.39, 0.29) is 37.0 Å². The number of esters is 2. The van der Waals surface area contributed by atoms with Gasteiger partial charge in [0.05, 0.1) is 31.4 Å². The molecule has 298 valence electrons. The molecule has 2 fully saturated rings. The quantitative estimate of drug-likeness (QED) is 0.0831. The highest BCUT2D eigenvalue weighted by atomic mass is 32.2. The van der Waals surface area contributed by atoms with E-state index in [1.165, 1.54) is 26.0 Å². The van der Waals surface area contributed by atoms with E-state index in [0.717, 1.165) is 47.9 Å². The van der Waals surface area contributed by atoms with E-state index in [1.807, 2.05) is 38.1 Å². The zero-order valence-electron chi connectivity index (χ0n) is 32.3. The maximum Gasteiger partial charge on any atom is 0.303 e. The van der Waals surface area contributed by atoms with Gasteiger partial charge in [-0.2, -0.15) is 0 Å². The van der Waals surface area contributed by atoms with Gasteiger partial charge in [-0.25, -0.2) is 17.5 Å². The molecule has 1 N–H and O–H groups in total. The van der Waals surface area contributed by atoms with Crippen molar-refractivity contribution in [2.45, 2.75) is 103 Å². The van der Waals surface area contributed by atoms with Crippen molar-refractivity contribution >= 4 is 33.6 Å². The number of hydrogen-bond acceptors (Lipinski definition) is 9. The summed E-state index contributed by atoms with van der Waals surface area (Å²) in [5, 5.41) is 0. The first kappa shape index (κ1) is 42.0. The van der Waals surface area contributed by atoms with E-state index in [0.29, 0.717) is 44.2 Å². The van der Waals surface area contributed by atoms with Crippen LogP contribution in [-0.2, 0) is 56.2 Å². The van der Waals surface area contributed by atoms with Crippen molar-refractivity contribution in [3.05, 3.63) is 101 Å². The van der Waals surface area contributed by atoms with Crippen LogP contribution in [0.3, 0.4) is 0 Å². The van der Waals surface area contributed by atoms with Crippen molar-refractivity contribution < 1.29 is 46.1 Å². The predicted octanol–water partition coefficient (Wildman–Crippen LogP) is 6.89. The fraction of sp³-hybridized carbons (Fsp3) is 0.500. The van der Waals surface area contributed by atoms with Crippen LogP contribution in [0.2, 0.25) is 0 Å². The molecule has 0 aromatic heterocycles. The first-order valence-electron chi connectivity index (χ1n) is 18.9. The van der Waals surface area contributed by atoms with Crippen LogP contribution in [0.5, 0.6) is 0 Å². The minimum Gasteiger partial charge on any atom is -0.458 e. The Morgan fingerprint density at radius 3 is 2.07 bits per heavy atom. The second-order valence-corrected chi connectivity index (χ2v) is 17.0. The monoisotopic (exact) mass is 780 g/mol. The van der Waals surface area contributed by atoms with Crippen molar-refractivity contribution in [2.75, 3.05) is 30.9 Å². The third-order valence-electron chi connectivity index (χ3n) is 10.1.